The van der Waals surface area contributed by atoms with Crippen LogP contribution in [0.4, 0.5) is 5.69 Å². The Bertz CT molecular complexity index is 249. The van der Waals surface area contributed by atoms with Crippen molar-refractivity contribution >= 4 is 35.2 Å². The van der Waals surface area contributed by atoms with Gasteiger partial charge in [-0.1, -0.05) is 18.2 Å². The Labute approximate surface area is 91.3 Å². The summed E-state index contributed by atoms with van der Waals surface area (Å²) < 4.78 is 0. The number of hydrogen-bond acceptors (Lipinski definition) is 4. The van der Waals surface area contributed by atoms with Crippen molar-refractivity contribution in [1.82, 2.24) is 0 Å². The van der Waals surface area contributed by atoms with Crippen molar-refractivity contribution in [2.45, 2.75) is 0 Å². The van der Waals surface area contributed by atoms with Crippen LogP contribution in [-0.2, 0) is 0 Å². The van der Waals surface area contributed by atoms with Gasteiger partial charge in [-0.05, 0) is 0 Å². The van der Waals surface area contributed by atoms with Gasteiger partial charge in [-0.3, -0.25) is 10.1 Å². The number of nitro benzene ring substituents is 1. The Morgan fingerprint density at radius 3 is 1.83 bits per heavy atom. The molecule has 0 aliphatic carbocycles. The molecule has 6 heteroatoms. The van der Waals surface area contributed by atoms with Crippen molar-refractivity contribution in [2.24, 2.45) is 0 Å². The standard InChI is InChI=1S/C6H5NO2.N2.Na.H/c8-7(9)6-4-2-1-3-5-6;1-2;;/h1-5H;;;. The van der Waals surface area contributed by atoms with Gasteiger partial charge in [0.2, 0.25) is 0 Å². The molecule has 0 saturated carbocycles. The third-order valence-corrected chi connectivity index (χ3v) is 0.967. The fraction of sp³-hybridized carbons (Fsp3) is 0. The quantitative estimate of drug-likeness (QED) is 0.275. The van der Waals surface area contributed by atoms with Gasteiger partial charge in [0.25, 0.3) is 5.69 Å². The first-order chi connectivity index (χ1) is 5.30. The van der Waals surface area contributed by atoms with Gasteiger partial charge in [0, 0.05) is 22.9 Å². The normalized spacial score (nSPS) is 6.83. The number of benzene rings is 1. The van der Waals surface area contributed by atoms with E-state index in [1.807, 2.05) is 0 Å². The molecule has 1 aromatic carbocycles. The van der Waals surface area contributed by atoms with Crippen molar-refractivity contribution < 1.29 is 4.92 Å². The van der Waals surface area contributed by atoms with Crippen LogP contribution in [0.5, 0.6) is 0 Å². The Kier molecular flexibility index (Phi) is 9.24. The number of nitrogens with zero attached hydrogens (tertiary/aromatic N) is 3. The fourth-order valence-electron chi connectivity index (χ4n) is 0.550. The van der Waals surface area contributed by atoms with Crippen LogP contribution >= 0.6 is 0 Å². The zero-order valence-corrected chi connectivity index (χ0v) is 5.54. The molecule has 1 aromatic rings. The van der Waals surface area contributed by atoms with Gasteiger partial charge < -0.3 is 0 Å². The molecule has 0 atom stereocenters. The van der Waals surface area contributed by atoms with Crippen molar-refractivity contribution in [3.05, 3.63) is 40.4 Å². The van der Waals surface area contributed by atoms with E-state index in [0.29, 0.717) is 0 Å². The predicted octanol–water partition coefficient (Wildman–Crippen LogP) is 0.976. The molecule has 58 valence electrons. The van der Waals surface area contributed by atoms with Crippen molar-refractivity contribution in [3.8, 4) is 0 Å². The molecule has 0 N–H and O–H groups in total. The van der Waals surface area contributed by atoms with E-state index in [-0.39, 0.29) is 35.2 Å². The van der Waals surface area contributed by atoms with Crippen LogP contribution in [0.3, 0.4) is 0 Å². The first kappa shape index (κ1) is 13.6. The minimum atomic E-state index is -0.417. The molecule has 0 heterocycles. The van der Waals surface area contributed by atoms with Gasteiger partial charge in [-0.25, -0.2) is 0 Å². The topological polar surface area (TPSA) is 90.7 Å². The van der Waals surface area contributed by atoms with Crippen LogP contribution < -0.4 is 0 Å². The maximum atomic E-state index is 10.0. The molecule has 5 nitrogen and oxygen atoms in total. The van der Waals surface area contributed by atoms with E-state index >= 15 is 0 Å². The molecule has 0 aromatic heterocycles. The molecular formula is C6H6N3NaO2. The second kappa shape index (κ2) is 8.14. The van der Waals surface area contributed by atoms with E-state index < -0.39 is 4.92 Å². The average Bonchev–Trinajstić information content (AvgIpc) is 2.10. The second-order valence-corrected chi connectivity index (χ2v) is 1.59. The third kappa shape index (κ3) is 4.79. The Balaban J connectivity index is 0. The number of non-ortho nitro benzene ring substituents is 1. The summed E-state index contributed by atoms with van der Waals surface area (Å²) in [5, 5.41) is 22.0. The molecule has 0 aliphatic rings. The van der Waals surface area contributed by atoms with Crippen LogP contribution in [-0.4, -0.2) is 34.5 Å². The van der Waals surface area contributed by atoms with Crippen LogP contribution in [0.15, 0.2) is 30.3 Å². The number of para-hydroxylation sites is 1. The van der Waals surface area contributed by atoms with Crippen LogP contribution in [0.1, 0.15) is 0 Å². The number of hydrogen-bond donors (Lipinski definition) is 0. The van der Waals surface area contributed by atoms with E-state index in [1.54, 1.807) is 18.2 Å². The van der Waals surface area contributed by atoms with Gasteiger partial charge in [0.1, 0.15) is 0 Å². The van der Waals surface area contributed by atoms with Crippen LogP contribution in [0, 0.1) is 20.9 Å². The molecule has 0 bridgehead atoms. The first-order valence-corrected chi connectivity index (χ1v) is 2.70. The molecule has 0 amide bonds. The third-order valence-electron chi connectivity index (χ3n) is 0.967. The second-order valence-electron chi connectivity index (χ2n) is 1.59. The van der Waals surface area contributed by atoms with Gasteiger partial charge in [0.05, 0.1) is 4.92 Å². The molecule has 0 radical (unpaired) electrons. The Morgan fingerprint density at radius 1 is 1.17 bits per heavy atom. The molecule has 1 rings (SSSR count). The molecule has 0 unspecified atom stereocenters. The Morgan fingerprint density at radius 2 is 1.58 bits per heavy atom. The zero-order valence-electron chi connectivity index (χ0n) is 5.54. The van der Waals surface area contributed by atoms with E-state index in [4.69, 9.17) is 10.8 Å². The first-order valence-electron chi connectivity index (χ1n) is 2.70. The summed E-state index contributed by atoms with van der Waals surface area (Å²) in [6.07, 6.45) is 0. The average molecular weight is 175 g/mol. The molecule has 12 heavy (non-hydrogen) atoms. The fourth-order valence-corrected chi connectivity index (χ4v) is 0.550. The molecule has 0 saturated heterocycles. The molecule has 0 spiro atoms. The van der Waals surface area contributed by atoms with Crippen molar-refractivity contribution in [2.75, 3.05) is 0 Å². The van der Waals surface area contributed by atoms with Crippen molar-refractivity contribution in [1.29, 1.82) is 10.8 Å². The van der Waals surface area contributed by atoms with E-state index in [2.05, 4.69) is 0 Å². The zero-order chi connectivity index (χ0) is 8.69. The van der Waals surface area contributed by atoms with Crippen LogP contribution in [0.25, 0.3) is 0 Å². The van der Waals surface area contributed by atoms with Crippen LogP contribution in [0.2, 0.25) is 0 Å². The summed E-state index contributed by atoms with van der Waals surface area (Å²) in [4.78, 5) is 9.59. The predicted molar refractivity (Wildman–Crippen MR) is 43.7 cm³/mol. The van der Waals surface area contributed by atoms with E-state index in [0.717, 1.165) is 0 Å². The molecular weight excluding hydrogens is 169 g/mol. The minimum absolute atomic E-state index is 0. The Hall–Kier alpha value is -0.960. The summed E-state index contributed by atoms with van der Waals surface area (Å²) in [6.45, 7) is 0. The van der Waals surface area contributed by atoms with E-state index in [9.17, 15) is 10.1 Å². The number of rotatable bonds is 1. The number of nitro groups is 1. The summed E-state index contributed by atoms with van der Waals surface area (Å²) in [7, 11) is 0. The molecule has 0 aliphatic heterocycles. The summed E-state index contributed by atoms with van der Waals surface area (Å²) in [6, 6.07) is 7.93. The van der Waals surface area contributed by atoms with Crippen molar-refractivity contribution in [3.63, 3.8) is 0 Å². The van der Waals surface area contributed by atoms with E-state index in [1.165, 1.54) is 12.1 Å². The van der Waals surface area contributed by atoms with Gasteiger partial charge in [-0.2, -0.15) is 0 Å². The van der Waals surface area contributed by atoms with Gasteiger partial charge >= 0.3 is 29.6 Å². The summed E-state index contributed by atoms with van der Waals surface area (Å²) in [5.74, 6) is 0. The monoisotopic (exact) mass is 175 g/mol. The molecule has 0 fully saturated rings. The SMILES string of the molecule is N#N.O=[N+]([O-])c1ccccc1.[NaH]. The van der Waals surface area contributed by atoms with Gasteiger partial charge in [-0.15, -0.1) is 0 Å². The summed E-state index contributed by atoms with van der Waals surface area (Å²) >= 11 is 0. The maximum absolute atomic E-state index is 10.0. The van der Waals surface area contributed by atoms with Gasteiger partial charge in [0.15, 0.2) is 0 Å². The summed E-state index contributed by atoms with van der Waals surface area (Å²) in [5.41, 5.74) is 0.137.